The second-order valence-corrected chi connectivity index (χ2v) is 7.16. The highest BCUT2D eigenvalue weighted by atomic mass is 35.5. The van der Waals surface area contributed by atoms with E-state index in [-0.39, 0.29) is 35.8 Å². The van der Waals surface area contributed by atoms with Gasteiger partial charge in [0.25, 0.3) is 5.91 Å². The van der Waals surface area contributed by atoms with Crippen LogP contribution in [0.3, 0.4) is 0 Å². The van der Waals surface area contributed by atoms with E-state index < -0.39 is 0 Å². The topological polar surface area (TPSA) is 85.7 Å². The molecule has 0 unspecified atom stereocenters. The molecule has 2 amide bonds. The van der Waals surface area contributed by atoms with Crippen molar-refractivity contribution in [1.82, 2.24) is 9.80 Å². The third-order valence-corrected chi connectivity index (χ3v) is 4.95. The number of nitrogens with one attached hydrogen (secondary N) is 1. The maximum absolute atomic E-state index is 12.9. The number of anilines is 1. The summed E-state index contributed by atoms with van der Waals surface area (Å²) in [6.45, 7) is 2.16. The van der Waals surface area contributed by atoms with Crippen molar-refractivity contribution in [1.29, 1.82) is 5.26 Å². The standard InChI is InChI=1S/C21H20ClFN4O3/c22-19-11-17(4-1-15(19)12-24)25-20(28)13-26-7-9-27(10-8-26)21(29)14-30-18-5-2-16(23)3-6-18/h1-6,11H,7-10,13-14H2,(H,25,28). The number of carbonyl (C=O) groups is 2. The summed E-state index contributed by atoms with van der Waals surface area (Å²) in [5, 5.41) is 11.9. The lowest BCUT2D eigenvalue weighted by atomic mass is 10.2. The average Bonchev–Trinajstić information content (AvgIpc) is 2.74. The van der Waals surface area contributed by atoms with Crippen LogP contribution in [0.15, 0.2) is 42.5 Å². The van der Waals surface area contributed by atoms with E-state index >= 15 is 0 Å². The molecule has 0 aromatic heterocycles. The Morgan fingerprint density at radius 2 is 1.83 bits per heavy atom. The molecule has 1 fully saturated rings. The third-order valence-electron chi connectivity index (χ3n) is 4.64. The van der Waals surface area contributed by atoms with E-state index in [1.807, 2.05) is 11.0 Å². The first-order valence-electron chi connectivity index (χ1n) is 9.32. The first kappa shape index (κ1) is 21.6. The molecule has 7 nitrogen and oxygen atoms in total. The van der Waals surface area contributed by atoms with Gasteiger partial charge in [0.1, 0.15) is 17.6 Å². The lowest BCUT2D eigenvalue weighted by Gasteiger charge is -2.34. The molecule has 0 aliphatic carbocycles. The van der Waals surface area contributed by atoms with Gasteiger partial charge in [-0.15, -0.1) is 0 Å². The molecule has 0 spiro atoms. The number of halogens is 2. The highest BCUT2D eigenvalue weighted by Crippen LogP contribution is 2.20. The van der Waals surface area contributed by atoms with E-state index in [1.165, 1.54) is 30.3 Å². The van der Waals surface area contributed by atoms with Crippen molar-refractivity contribution in [2.75, 3.05) is 44.6 Å². The molecule has 2 aromatic rings. The molecule has 1 heterocycles. The summed E-state index contributed by atoms with van der Waals surface area (Å²) in [5.41, 5.74) is 0.870. The van der Waals surface area contributed by atoms with Gasteiger partial charge in [-0.1, -0.05) is 11.6 Å². The van der Waals surface area contributed by atoms with Gasteiger partial charge in [0, 0.05) is 31.9 Å². The van der Waals surface area contributed by atoms with Gasteiger partial charge in [-0.3, -0.25) is 14.5 Å². The van der Waals surface area contributed by atoms with Crippen LogP contribution in [0.5, 0.6) is 5.75 Å². The molecule has 156 valence electrons. The number of amides is 2. The Morgan fingerprint density at radius 1 is 1.13 bits per heavy atom. The van der Waals surface area contributed by atoms with Crippen molar-refractivity contribution in [2.45, 2.75) is 0 Å². The molecule has 1 saturated heterocycles. The quantitative estimate of drug-likeness (QED) is 0.761. The summed E-state index contributed by atoms with van der Waals surface area (Å²) in [6, 6.07) is 12.2. The van der Waals surface area contributed by atoms with Gasteiger partial charge in [-0.2, -0.15) is 5.26 Å². The van der Waals surface area contributed by atoms with Crippen molar-refractivity contribution in [3.05, 3.63) is 58.9 Å². The fraction of sp³-hybridized carbons (Fsp3) is 0.286. The Labute approximate surface area is 178 Å². The molecule has 0 saturated carbocycles. The van der Waals surface area contributed by atoms with E-state index in [2.05, 4.69) is 5.32 Å². The van der Waals surface area contributed by atoms with Crippen LogP contribution in [-0.2, 0) is 9.59 Å². The number of benzene rings is 2. The Bertz CT molecular complexity index is 954. The first-order valence-corrected chi connectivity index (χ1v) is 9.70. The van der Waals surface area contributed by atoms with Gasteiger partial charge in [0.05, 0.1) is 17.1 Å². The number of piperazine rings is 1. The second kappa shape index (κ2) is 10.1. The predicted octanol–water partition coefficient (Wildman–Crippen LogP) is 2.51. The van der Waals surface area contributed by atoms with Gasteiger partial charge in [0.15, 0.2) is 6.61 Å². The number of rotatable bonds is 6. The first-order chi connectivity index (χ1) is 14.4. The molecule has 0 atom stereocenters. The zero-order chi connectivity index (χ0) is 21.5. The highest BCUT2D eigenvalue weighted by Gasteiger charge is 2.22. The van der Waals surface area contributed by atoms with Gasteiger partial charge in [0.2, 0.25) is 5.91 Å². The van der Waals surface area contributed by atoms with Crippen molar-refractivity contribution in [3.63, 3.8) is 0 Å². The molecular formula is C21H20ClFN4O3. The Kier molecular flexibility index (Phi) is 7.22. The minimum atomic E-state index is -0.365. The molecule has 3 rings (SSSR count). The largest absolute Gasteiger partial charge is 0.484 e. The summed E-state index contributed by atoms with van der Waals surface area (Å²) >= 11 is 5.97. The molecule has 9 heteroatoms. The molecular weight excluding hydrogens is 411 g/mol. The smallest absolute Gasteiger partial charge is 0.260 e. The zero-order valence-electron chi connectivity index (χ0n) is 16.1. The van der Waals surface area contributed by atoms with Gasteiger partial charge in [-0.25, -0.2) is 4.39 Å². The van der Waals surface area contributed by atoms with Crippen LogP contribution in [0.2, 0.25) is 5.02 Å². The van der Waals surface area contributed by atoms with Crippen molar-refractivity contribution in [3.8, 4) is 11.8 Å². The molecule has 30 heavy (non-hydrogen) atoms. The van der Waals surface area contributed by atoms with Crippen LogP contribution >= 0.6 is 11.6 Å². The Morgan fingerprint density at radius 3 is 2.47 bits per heavy atom. The van der Waals surface area contributed by atoms with E-state index in [1.54, 1.807) is 17.0 Å². The minimum Gasteiger partial charge on any atom is -0.484 e. The van der Waals surface area contributed by atoms with Crippen molar-refractivity contribution in [2.24, 2.45) is 0 Å². The summed E-state index contributed by atoms with van der Waals surface area (Å²) < 4.78 is 18.3. The van der Waals surface area contributed by atoms with Crippen LogP contribution < -0.4 is 10.1 Å². The van der Waals surface area contributed by atoms with Crippen LogP contribution in [0.4, 0.5) is 10.1 Å². The van der Waals surface area contributed by atoms with E-state index in [0.29, 0.717) is 43.2 Å². The molecule has 1 N–H and O–H groups in total. The fourth-order valence-corrected chi connectivity index (χ4v) is 3.23. The van der Waals surface area contributed by atoms with E-state index in [0.717, 1.165) is 0 Å². The van der Waals surface area contributed by atoms with Crippen molar-refractivity contribution < 1.29 is 18.7 Å². The van der Waals surface area contributed by atoms with Crippen LogP contribution in [0.25, 0.3) is 0 Å². The Balaban J connectivity index is 1.41. The number of hydrogen-bond acceptors (Lipinski definition) is 5. The van der Waals surface area contributed by atoms with Crippen LogP contribution in [0, 0.1) is 17.1 Å². The second-order valence-electron chi connectivity index (χ2n) is 6.75. The summed E-state index contributed by atoms with van der Waals surface area (Å²) in [5.74, 6) is -0.287. The van der Waals surface area contributed by atoms with Crippen LogP contribution in [-0.4, -0.2) is 60.9 Å². The predicted molar refractivity (Wildman–Crippen MR) is 110 cm³/mol. The number of carbonyl (C=O) groups excluding carboxylic acids is 2. The van der Waals surface area contributed by atoms with Crippen LogP contribution in [0.1, 0.15) is 5.56 Å². The van der Waals surface area contributed by atoms with E-state index in [4.69, 9.17) is 21.6 Å². The van der Waals surface area contributed by atoms with Gasteiger partial charge in [-0.05, 0) is 42.5 Å². The maximum atomic E-state index is 12.9. The highest BCUT2D eigenvalue weighted by molar-refractivity contribution is 6.32. The average molecular weight is 431 g/mol. The molecule has 1 aliphatic rings. The summed E-state index contributed by atoms with van der Waals surface area (Å²) in [6.07, 6.45) is 0. The molecule has 0 bridgehead atoms. The normalized spacial score (nSPS) is 14.1. The monoisotopic (exact) mass is 430 g/mol. The number of hydrogen-bond donors (Lipinski definition) is 1. The molecule has 0 radical (unpaired) electrons. The third kappa shape index (κ3) is 5.92. The lowest BCUT2D eigenvalue weighted by molar-refractivity contribution is -0.135. The molecule has 1 aliphatic heterocycles. The maximum Gasteiger partial charge on any atom is 0.260 e. The number of ether oxygens (including phenoxy) is 1. The van der Waals surface area contributed by atoms with E-state index in [9.17, 15) is 14.0 Å². The van der Waals surface area contributed by atoms with Gasteiger partial charge < -0.3 is 15.0 Å². The Hall–Kier alpha value is -3.15. The number of nitriles is 1. The zero-order valence-corrected chi connectivity index (χ0v) is 16.9. The fourth-order valence-electron chi connectivity index (χ4n) is 3.01. The number of nitrogens with zero attached hydrogens (tertiary/aromatic N) is 3. The summed E-state index contributed by atoms with van der Waals surface area (Å²) in [7, 11) is 0. The minimum absolute atomic E-state index is 0.119. The van der Waals surface area contributed by atoms with Crippen molar-refractivity contribution >= 4 is 29.1 Å². The molecule has 2 aromatic carbocycles. The summed E-state index contributed by atoms with van der Waals surface area (Å²) in [4.78, 5) is 28.2. The van der Waals surface area contributed by atoms with Gasteiger partial charge >= 0.3 is 0 Å². The SMILES string of the molecule is N#Cc1ccc(NC(=O)CN2CCN(C(=O)COc3ccc(F)cc3)CC2)cc1Cl. The lowest BCUT2D eigenvalue weighted by Crippen LogP contribution is -2.51.